The fourth-order valence-corrected chi connectivity index (χ4v) is 3.26. The molecule has 3 N–H and O–H groups in total. The largest absolute Gasteiger partial charge is 0.373 e. The Morgan fingerprint density at radius 3 is 2.57 bits per heavy atom. The second-order valence-corrected chi connectivity index (χ2v) is 6.77. The molecule has 3 heterocycles. The molecule has 1 unspecified atom stereocenters. The highest BCUT2D eigenvalue weighted by Gasteiger charge is 2.48. The summed E-state index contributed by atoms with van der Waals surface area (Å²) in [5.41, 5.74) is 6.36. The van der Waals surface area contributed by atoms with Gasteiger partial charge in [0.25, 0.3) is 11.8 Å². The van der Waals surface area contributed by atoms with Gasteiger partial charge in [-0.3, -0.25) is 9.59 Å². The Labute approximate surface area is 160 Å². The van der Waals surface area contributed by atoms with E-state index < -0.39 is 17.4 Å². The molecule has 1 fully saturated rings. The van der Waals surface area contributed by atoms with Crippen molar-refractivity contribution >= 4 is 11.8 Å². The molecule has 0 saturated carbocycles. The Bertz CT molecular complexity index is 1080. The quantitative estimate of drug-likeness (QED) is 0.710. The maximum Gasteiger partial charge on any atom is 0.267 e. The predicted octanol–water partition coefficient (Wildman–Crippen LogP) is 1.55. The van der Waals surface area contributed by atoms with Gasteiger partial charge in [0.05, 0.1) is 5.69 Å². The first-order valence-corrected chi connectivity index (χ1v) is 8.71. The van der Waals surface area contributed by atoms with E-state index in [2.05, 4.69) is 10.1 Å². The summed E-state index contributed by atoms with van der Waals surface area (Å²) in [6.45, 7) is 0.447. The summed E-state index contributed by atoms with van der Waals surface area (Å²) in [4.78, 5) is 29.3. The van der Waals surface area contributed by atoms with Crippen molar-refractivity contribution in [3.8, 4) is 22.5 Å². The molecule has 1 saturated heterocycles. The third-order valence-electron chi connectivity index (χ3n) is 4.88. The van der Waals surface area contributed by atoms with E-state index in [4.69, 9.17) is 10.3 Å². The van der Waals surface area contributed by atoms with Gasteiger partial charge >= 0.3 is 0 Å². The number of hydrogen-bond acceptors (Lipinski definition) is 6. The number of hydrogen-bond donors (Lipinski definition) is 2. The normalized spacial score (nSPS) is 19.2. The van der Waals surface area contributed by atoms with Crippen molar-refractivity contribution in [1.29, 1.82) is 0 Å². The fraction of sp³-hybridized carbons (Fsp3) is 0.200. The van der Waals surface area contributed by atoms with E-state index in [-0.39, 0.29) is 17.9 Å². The van der Waals surface area contributed by atoms with Crippen molar-refractivity contribution in [3.63, 3.8) is 0 Å². The number of primary amides is 1. The van der Waals surface area contributed by atoms with Gasteiger partial charge in [-0.05, 0) is 18.2 Å². The average Bonchev–Trinajstić information content (AvgIpc) is 3.31. The van der Waals surface area contributed by atoms with Gasteiger partial charge in [0.15, 0.2) is 5.76 Å². The van der Waals surface area contributed by atoms with Crippen LogP contribution in [0, 0.1) is 0 Å². The third kappa shape index (κ3) is 2.93. The van der Waals surface area contributed by atoms with Gasteiger partial charge in [-0.15, -0.1) is 0 Å². The van der Waals surface area contributed by atoms with Gasteiger partial charge in [-0.1, -0.05) is 29.4 Å². The molecule has 1 aliphatic heterocycles. The number of benzene rings is 1. The van der Waals surface area contributed by atoms with Crippen LogP contribution < -0.4 is 5.73 Å². The van der Waals surface area contributed by atoms with Crippen molar-refractivity contribution in [1.82, 2.24) is 15.0 Å². The van der Waals surface area contributed by atoms with E-state index in [1.54, 1.807) is 31.3 Å². The molecule has 1 aromatic carbocycles. The summed E-state index contributed by atoms with van der Waals surface area (Å²) in [5.74, 6) is -0.883. The monoisotopic (exact) mass is 378 g/mol. The molecule has 2 amide bonds. The molecule has 0 radical (unpaired) electrons. The number of likely N-dealkylation sites (N-methyl/N-ethyl adjacent to an activating group) is 1. The summed E-state index contributed by atoms with van der Waals surface area (Å²) in [6.07, 6.45) is 0.251. The molecule has 3 aromatic rings. The van der Waals surface area contributed by atoms with Crippen LogP contribution in [0.3, 0.4) is 0 Å². The van der Waals surface area contributed by atoms with Gasteiger partial charge in [-0.2, -0.15) is 0 Å². The Hall–Kier alpha value is -3.52. The van der Waals surface area contributed by atoms with Crippen LogP contribution in [0.4, 0.5) is 0 Å². The van der Waals surface area contributed by atoms with Gasteiger partial charge in [0.1, 0.15) is 11.4 Å². The number of nitrogens with zero attached hydrogens (tertiary/aromatic N) is 3. The summed E-state index contributed by atoms with van der Waals surface area (Å²) >= 11 is 0. The minimum absolute atomic E-state index is 0.121. The maximum absolute atomic E-state index is 12.2. The zero-order valence-electron chi connectivity index (χ0n) is 15.1. The van der Waals surface area contributed by atoms with Crippen LogP contribution in [0.1, 0.15) is 22.7 Å². The van der Waals surface area contributed by atoms with Crippen LogP contribution >= 0.6 is 0 Å². The molecule has 0 aliphatic carbocycles. The van der Waals surface area contributed by atoms with Crippen LogP contribution in [-0.4, -0.2) is 45.6 Å². The standard InChI is InChI=1S/C20H18N4O4/c1-24-9-8-20(27,19(24)26)17-11-16(23-28-17)13-5-2-4-12(10-13)14-6-3-7-15(22-14)18(21)25/h2-7,10-11,27H,8-9H2,1H3,(H2,21,25). The Kier molecular flexibility index (Phi) is 4.20. The number of rotatable bonds is 4. The fourth-order valence-electron chi connectivity index (χ4n) is 3.26. The maximum atomic E-state index is 12.2. The molecular weight excluding hydrogens is 360 g/mol. The first kappa shape index (κ1) is 17.9. The van der Waals surface area contributed by atoms with E-state index in [1.807, 2.05) is 24.3 Å². The van der Waals surface area contributed by atoms with Gasteiger partial charge in [0, 0.05) is 37.2 Å². The molecule has 0 bridgehead atoms. The van der Waals surface area contributed by atoms with Crippen molar-refractivity contribution < 1.29 is 19.2 Å². The SMILES string of the molecule is CN1CCC(O)(c2cc(-c3cccc(-c4cccc(C(N)=O)n4)c3)no2)C1=O. The second-order valence-electron chi connectivity index (χ2n) is 6.77. The highest BCUT2D eigenvalue weighted by atomic mass is 16.5. The van der Waals surface area contributed by atoms with Crippen LogP contribution in [0.25, 0.3) is 22.5 Å². The highest BCUT2D eigenvalue weighted by molar-refractivity contribution is 5.91. The molecule has 2 aromatic heterocycles. The summed E-state index contributed by atoms with van der Waals surface area (Å²) < 4.78 is 5.30. The number of aliphatic hydroxyl groups is 1. The van der Waals surface area contributed by atoms with Crippen LogP contribution in [0.5, 0.6) is 0 Å². The molecule has 8 heteroatoms. The number of likely N-dealkylation sites (tertiary alicyclic amines) is 1. The van der Waals surface area contributed by atoms with Crippen molar-refractivity contribution in [2.75, 3.05) is 13.6 Å². The smallest absolute Gasteiger partial charge is 0.267 e. The minimum Gasteiger partial charge on any atom is -0.373 e. The molecule has 28 heavy (non-hydrogen) atoms. The van der Waals surface area contributed by atoms with E-state index in [1.165, 1.54) is 4.90 Å². The van der Waals surface area contributed by atoms with E-state index >= 15 is 0 Å². The van der Waals surface area contributed by atoms with Gasteiger partial charge in [-0.25, -0.2) is 4.98 Å². The number of nitrogens with two attached hydrogens (primary N) is 1. The lowest BCUT2D eigenvalue weighted by Gasteiger charge is -2.16. The summed E-state index contributed by atoms with van der Waals surface area (Å²) in [5, 5.41) is 14.7. The number of carbonyl (C=O) groups is 2. The average molecular weight is 378 g/mol. The van der Waals surface area contributed by atoms with Crippen LogP contribution in [0.15, 0.2) is 53.1 Å². The molecule has 1 atom stereocenters. The van der Waals surface area contributed by atoms with E-state index in [9.17, 15) is 14.7 Å². The molecule has 1 aliphatic rings. The molecule has 4 rings (SSSR count). The number of carbonyl (C=O) groups excluding carboxylic acids is 2. The number of pyridine rings is 1. The summed E-state index contributed by atoms with van der Waals surface area (Å²) in [6, 6.07) is 13.9. The number of amides is 2. The topological polar surface area (TPSA) is 123 Å². The van der Waals surface area contributed by atoms with Crippen LogP contribution in [0.2, 0.25) is 0 Å². The van der Waals surface area contributed by atoms with Crippen LogP contribution in [-0.2, 0) is 10.4 Å². The van der Waals surface area contributed by atoms with E-state index in [0.717, 1.165) is 11.1 Å². The minimum atomic E-state index is -1.69. The second kappa shape index (κ2) is 6.58. The predicted molar refractivity (Wildman–Crippen MR) is 99.8 cm³/mol. The van der Waals surface area contributed by atoms with Crippen molar-refractivity contribution in [2.24, 2.45) is 5.73 Å². The highest BCUT2D eigenvalue weighted by Crippen LogP contribution is 2.35. The summed E-state index contributed by atoms with van der Waals surface area (Å²) in [7, 11) is 1.63. The zero-order valence-corrected chi connectivity index (χ0v) is 15.1. The first-order chi connectivity index (χ1) is 13.4. The van der Waals surface area contributed by atoms with Gasteiger partial charge < -0.3 is 20.3 Å². The molecule has 0 spiro atoms. The lowest BCUT2D eigenvalue weighted by molar-refractivity contribution is -0.144. The van der Waals surface area contributed by atoms with Crippen molar-refractivity contribution in [3.05, 3.63) is 60.0 Å². The molecule has 8 nitrogen and oxygen atoms in total. The Morgan fingerprint density at radius 1 is 1.18 bits per heavy atom. The lowest BCUT2D eigenvalue weighted by Crippen LogP contribution is -2.35. The molecular formula is C20H18N4O4. The number of aromatic nitrogens is 2. The van der Waals surface area contributed by atoms with Gasteiger partial charge in [0.2, 0.25) is 5.60 Å². The Balaban J connectivity index is 1.68. The third-order valence-corrected chi connectivity index (χ3v) is 4.88. The van der Waals surface area contributed by atoms with Crippen molar-refractivity contribution in [2.45, 2.75) is 12.0 Å². The first-order valence-electron chi connectivity index (χ1n) is 8.71. The Morgan fingerprint density at radius 2 is 1.89 bits per heavy atom. The van der Waals surface area contributed by atoms with E-state index in [0.29, 0.717) is 17.9 Å². The lowest BCUT2D eigenvalue weighted by atomic mass is 9.97. The molecule has 142 valence electrons. The zero-order chi connectivity index (χ0) is 19.9.